The first-order chi connectivity index (χ1) is 7.26. The molecule has 15 heavy (non-hydrogen) atoms. The molecule has 0 aliphatic rings. The summed E-state index contributed by atoms with van der Waals surface area (Å²) in [7, 11) is 0. The maximum atomic E-state index is 4.62. The SMILES string of the molecule is CCSC.CCc1ccccc1.NCN. The summed E-state index contributed by atoms with van der Waals surface area (Å²) in [6.07, 6.45) is 3.24. The quantitative estimate of drug-likeness (QED) is 0.765. The number of rotatable bonds is 2. The number of hydrogen-bond donors (Lipinski definition) is 2. The predicted molar refractivity (Wildman–Crippen MR) is 73.1 cm³/mol. The summed E-state index contributed by atoms with van der Waals surface area (Å²) in [5.41, 5.74) is 10.7. The Balaban J connectivity index is 0. The second-order valence-electron chi connectivity index (χ2n) is 2.65. The molecule has 0 amide bonds. The van der Waals surface area contributed by atoms with Gasteiger partial charge in [0.05, 0.1) is 0 Å². The molecule has 0 fully saturated rings. The van der Waals surface area contributed by atoms with Crippen LogP contribution >= 0.6 is 11.8 Å². The van der Waals surface area contributed by atoms with Crippen LogP contribution in [0.5, 0.6) is 0 Å². The number of thioether (sulfide) groups is 1. The van der Waals surface area contributed by atoms with Crippen molar-refractivity contribution >= 4 is 11.8 Å². The molecule has 0 saturated carbocycles. The Labute approximate surface area is 98.4 Å². The molecule has 0 radical (unpaired) electrons. The molecule has 0 saturated heterocycles. The molecule has 0 bridgehead atoms. The Morgan fingerprint density at radius 2 is 1.47 bits per heavy atom. The molecule has 2 nitrogen and oxygen atoms in total. The molecule has 88 valence electrons. The average Bonchev–Trinajstić information content (AvgIpc) is 2.31. The van der Waals surface area contributed by atoms with Crippen molar-refractivity contribution in [2.24, 2.45) is 11.5 Å². The normalized spacial score (nSPS) is 8.07. The highest BCUT2D eigenvalue weighted by Gasteiger charge is 1.79. The Hall–Kier alpha value is -0.510. The van der Waals surface area contributed by atoms with Gasteiger partial charge in [-0.1, -0.05) is 44.2 Å². The van der Waals surface area contributed by atoms with Crippen LogP contribution in [0.1, 0.15) is 19.4 Å². The van der Waals surface area contributed by atoms with Crippen molar-refractivity contribution in [3.8, 4) is 0 Å². The minimum atomic E-state index is 0.250. The van der Waals surface area contributed by atoms with Gasteiger partial charge in [0.25, 0.3) is 0 Å². The summed E-state index contributed by atoms with van der Waals surface area (Å²) in [5, 5.41) is 0. The van der Waals surface area contributed by atoms with Crippen molar-refractivity contribution < 1.29 is 0 Å². The van der Waals surface area contributed by atoms with Crippen LogP contribution in [0.2, 0.25) is 0 Å². The summed E-state index contributed by atoms with van der Waals surface area (Å²) in [5.74, 6) is 1.24. The standard InChI is InChI=1S/C8H10.C3H8S.CH6N2/c1-2-8-6-4-3-5-7-8;1-3-4-2;2-1-3/h3-7H,2H2,1H3;3H2,1-2H3;1-3H2. The van der Waals surface area contributed by atoms with Gasteiger partial charge in [0.15, 0.2) is 0 Å². The summed E-state index contributed by atoms with van der Waals surface area (Å²) in [6, 6.07) is 10.5. The summed E-state index contributed by atoms with van der Waals surface area (Å²) < 4.78 is 0. The van der Waals surface area contributed by atoms with Crippen molar-refractivity contribution in [3.05, 3.63) is 35.9 Å². The highest BCUT2D eigenvalue weighted by molar-refractivity contribution is 7.98. The van der Waals surface area contributed by atoms with Gasteiger partial charge in [-0.05, 0) is 24.0 Å². The molecule has 0 unspecified atom stereocenters. The van der Waals surface area contributed by atoms with E-state index in [1.165, 1.54) is 11.3 Å². The van der Waals surface area contributed by atoms with E-state index in [-0.39, 0.29) is 6.67 Å². The van der Waals surface area contributed by atoms with Gasteiger partial charge in [-0.2, -0.15) is 11.8 Å². The van der Waals surface area contributed by atoms with Crippen LogP contribution in [0.4, 0.5) is 0 Å². The zero-order chi connectivity index (χ0) is 11.9. The van der Waals surface area contributed by atoms with Crippen LogP contribution in [0.3, 0.4) is 0 Å². The molecular weight excluding hydrogens is 204 g/mol. The third-order valence-corrected chi connectivity index (χ3v) is 2.12. The fourth-order valence-electron chi connectivity index (χ4n) is 0.714. The van der Waals surface area contributed by atoms with E-state index in [9.17, 15) is 0 Å². The zero-order valence-electron chi connectivity index (χ0n) is 10.1. The number of nitrogens with two attached hydrogens (primary N) is 2. The van der Waals surface area contributed by atoms with Crippen molar-refractivity contribution in [2.45, 2.75) is 20.3 Å². The van der Waals surface area contributed by atoms with E-state index in [1.807, 2.05) is 17.8 Å². The van der Waals surface area contributed by atoms with Crippen LogP contribution in [-0.2, 0) is 6.42 Å². The van der Waals surface area contributed by atoms with E-state index >= 15 is 0 Å². The van der Waals surface area contributed by atoms with E-state index in [1.54, 1.807) is 0 Å². The fourth-order valence-corrected chi connectivity index (χ4v) is 0.714. The monoisotopic (exact) mass is 228 g/mol. The minimum Gasteiger partial charge on any atom is -0.319 e. The molecule has 1 aromatic rings. The summed E-state index contributed by atoms with van der Waals surface area (Å²) in [6.45, 7) is 4.56. The first-order valence-electron chi connectivity index (χ1n) is 5.19. The van der Waals surface area contributed by atoms with Gasteiger partial charge in [-0.3, -0.25) is 0 Å². The second kappa shape index (κ2) is 15.9. The first kappa shape index (κ1) is 16.9. The van der Waals surface area contributed by atoms with E-state index < -0.39 is 0 Å². The largest absolute Gasteiger partial charge is 0.319 e. The first-order valence-corrected chi connectivity index (χ1v) is 6.59. The lowest BCUT2D eigenvalue weighted by Crippen LogP contribution is -2.08. The lowest BCUT2D eigenvalue weighted by atomic mass is 10.2. The van der Waals surface area contributed by atoms with E-state index in [2.05, 4.69) is 55.8 Å². The van der Waals surface area contributed by atoms with Crippen LogP contribution < -0.4 is 11.5 Å². The second-order valence-corrected chi connectivity index (χ2v) is 3.81. The maximum absolute atomic E-state index is 4.62. The smallest absolute Gasteiger partial charge is 0.0403 e. The molecule has 0 spiro atoms. The predicted octanol–water partition coefficient (Wildman–Crippen LogP) is 2.48. The molecule has 0 atom stereocenters. The summed E-state index contributed by atoms with van der Waals surface area (Å²) >= 11 is 1.86. The van der Waals surface area contributed by atoms with Gasteiger partial charge in [0, 0.05) is 6.67 Å². The topological polar surface area (TPSA) is 52.0 Å². The lowest BCUT2D eigenvalue weighted by molar-refractivity contribution is 1.07. The van der Waals surface area contributed by atoms with Crippen molar-refractivity contribution in [1.29, 1.82) is 0 Å². The van der Waals surface area contributed by atoms with Crippen LogP contribution in [0, 0.1) is 0 Å². The van der Waals surface area contributed by atoms with Crippen molar-refractivity contribution in [1.82, 2.24) is 0 Å². The van der Waals surface area contributed by atoms with Gasteiger partial charge in [-0.15, -0.1) is 0 Å². The van der Waals surface area contributed by atoms with Gasteiger partial charge in [0.2, 0.25) is 0 Å². The van der Waals surface area contributed by atoms with Gasteiger partial charge < -0.3 is 11.5 Å². The van der Waals surface area contributed by atoms with E-state index in [0.29, 0.717) is 0 Å². The number of hydrogen-bond acceptors (Lipinski definition) is 3. The molecule has 3 heteroatoms. The molecule has 0 aliphatic heterocycles. The van der Waals surface area contributed by atoms with Gasteiger partial charge in [0.1, 0.15) is 0 Å². The van der Waals surface area contributed by atoms with Crippen molar-refractivity contribution in [3.63, 3.8) is 0 Å². The molecule has 1 rings (SSSR count). The van der Waals surface area contributed by atoms with E-state index in [4.69, 9.17) is 0 Å². The molecule has 1 aromatic carbocycles. The number of aryl methyl sites for hydroxylation is 1. The summed E-state index contributed by atoms with van der Waals surface area (Å²) in [4.78, 5) is 0. The lowest BCUT2D eigenvalue weighted by Gasteiger charge is -1.89. The van der Waals surface area contributed by atoms with Crippen LogP contribution in [0.25, 0.3) is 0 Å². The fraction of sp³-hybridized carbons (Fsp3) is 0.500. The Morgan fingerprint density at radius 3 is 1.67 bits per heavy atom. The van der Waals surface area contributed by atoms with Crippen molar-refractivity contribution in [2.75, 3.05) is 18.7 Å². The van der Waals surface area contributed by atoms with Gasteiger partial charge in [-0.25, -0.2) is 0 Å². The Morgan fingerprint density at radius 1 is 1.07 bits per heavy atom. The third kappa shape index (κ3) is 16.2. The molecule has 4 N–H and O–H groups in total. The zero-order valence-corrected chi connectivity index (χ0v) is 10.9. The highest BCUT2D eigenvalue weighted by Crippen LogP contribution is 1.96. The molecule has 0 heterocycles. The van der Waals surface area contributed by atoms with Crippen LogP contribution in [-0.4, -0.2) is 18.7 Å². The average molecular weight is 228 g/mol. The molecule has 0 aromatic heterocycles. The minimum absolute atomic E-state index is 0.250. The van der Waals surface area contributed by atoms with E-state index in [0.717, 1.165) is 6.42 Å². The molecular formula is C12H24N2S. The third-order valence-electron chi connectivity index (χ3n) is 1.54. The highest BCUT2D eigenvalue weighted by atomic mass is 32.2. The van der Waals surface area contributed by atoms with Crippen LogP contribution in [0.15, 0.2) is 30.3 Å². The van der Waals surface area contributed by atoms with Gasteiger partial charge >= 0.3 is 0 Å². The Kier molecular flexibility index (Phi) is 18.0. The number of benzene rings is 1. The maximum Gasteiger partial charge on any atom is 0.0403 e. The Bertz CT molecular complexity index is 188. The molecule has 0 aliphatic carbocycles.